The molecular weight excluding hydrogens is 216 g/mol. The highest BCUT2D eigenvalue weighted by Crippen LogP contribution is 2.13. The number of aryl methyl sites for hydroxylation is 1. The average Bonchev–Trinajstić information content (AvgIpc) is 2.68. The summed E-state index contributed by atoms with van der Waals surface area (Å²) in [5.41, 5.74) is 8.14. The zero-order chi connectivity index (χ0) is 12.3. The maximum atomic E-state index is 11.8. The van der Waals surface area contributed by atoms with Crippen molar-refractivity contribution in [2.45, 2.75) is 13.3 Å². The summed E-state index contributed by atoms with van der Waals surface area (Å²) in [6, 6.07) is 7.78. The van der Waals surface area contributed by atoms with Crippen molar-refractivity contribution in [2.24, 2.45) is 0 Å². The van der Waals surface area contributed by atoms with Crippen LogP contribution in [0.1, 0.15) is 11.1 Å². The van der Waals surface area contributed by atoms with Crippen molar-refractivity contribution in [1.82, 2.24) is 10.2 Å². The van der Waals surface area contributed by atoms with Gasteiger partial charge in [0.25, 0.3) is 0 Å². The van der Waals surface area contributed by atoms with Gasteiger partial charge in [-0.25, -0.2) is 0 Å². The van der Waals surface area contributed by atoms with Crippen LogP contribution < -0.4 is 11.1 Å². The number of nitrogen functional groups attached to an aromatic ring is 1. The summed E-state index contributed by atoms with van der Waals surface area (Å²) in [6.07, 6.45) is 1.79. The summed E-state index contributed by atoms with van der Waals surface area (Å²) in [5.74, 6) is 0.332. The molecular formula is C12H14N4O. The van der Waals surface area contributed by atoms with E-state index in [9.17, 15) is 4.79 Å². The molecule has 0 aliphatic rings. The zero-order valence-electron chi connectivity index (χ0n) is 9.53. The van der Waals surface area contributed by atoms with Crippen molar-refractivity contribution in [3.8, 4) is 0 Å². The predicted molar refractivity (Wildman–Crippen MR) is 66.5 cm³/mol. The SMILES string of the molecule is Cc1ccccc1CC(=O)Nc1[nH]ncc1N. The number of anilines is 2. The van der Waals surface area contributed by atoms with Crippen molar-refractivity contribution in [3.05, 3.63) is 41.6 Å². The first-order valence-corrected chi connectivity index (χ1v) is 5.30. The van der Waals surface area contributed by atoms with Gasteiger partial charge < -0.3 is 11.1 Å². The molecule has 2 rings (SSSR count). The fourth-order valence-corrected chi connectivity index (χ4v) is 1.56. The predicted octanol–water partition coefficient (Wildman–Crippen LogP) is 1.48. The Kier molecular flexibility index (Phi) is 3.09. The number of hydrogen-bond acceptors (Lipinski definition) is 3. The summed E-state index contributed by atoms with van der Waals surface area (Å²) >= 11 is 0. The lowest BCUT2D eigenvalue weighted by atomic mass is 10.1. The minimum Gasteiger partial charge on any atom is -0.394 e. The van der Waals surface area contributed by atoms with Gasteiger partial charge in [0.15, 0.2) is 5.82 Å². The van der Waals surface area contributed by atoms with Gasteiger partial charge in [-0.3, -0.25) is 9.89 Å². The van der Waals surface area contributed by atoms with E-state index in [-0.39, 0.29) is 5.91 Å². The van der Waals surface area contributed by atoms with Gasteiger partial charge in [-0.2, -0.15) is 5.10 Å². The van der Waals surface area contributed by atoms with Gasteiger partial charge in [0.1, 0.15) is 0 Å². The van der Waals surface area contributed by atoms with Crippen LogP contribution in [0.2, 0.25) is 0 Å². The highest BCUT2D eigenvalue weighted by atomic mass is 16.1. The van der Waals surface area contributed by atoms with Crippen LogP contribution in [0.4, 0.5) is 11.5 Å². The Morgan fingerprint density at radius 2 is 2.24 bits per heavy atom. The fraction of sp³-hybridized carbons (Fsp3) is 0.167. The first kappa shape index (κ1) is 11.2. The second-order valence-electron chi connectivity index (χ2n) is 3.85. The van der Waals surface area contributed by atoms with Gasteiger partial charge in [0.05, 0.1) is 18.3 Å². The number of aromatic nitrogens is 2. The average molecular weight is 230 g/mol. The van der Waals surface area contributed by atoms with Gasteiger partial charge >= 0.3 is 0 Å². The molecule has 0 saturated carbocycles. The number of nitrogens with zero attached hydrogens (tertiary/aromatic N) is 1. The van der Waals surface area contributed by atoms with Crippen molar-refractivity contribution < 1.29 is 4.79 Å². The number of carbonyl (C=O) groups is 1. The maximum Gasteiger partial charge on any atom is 0.230 e. The van der Waals surface area contributed by atoms with Crippen LogP contribution in [-0.4, -0.2) is 16.1 Å². The molecule has 1 heterocycles. The van der Waals surface area contributed by atoms with Crippen molar-refractivity contribution in [1.29, 1.82) is 0 Å². The summed E-state index contributed by atoms with van der Waals surface area (Å²) in [5, 5.41) is 9.05. The summed E-state index contributed by atoms with van der Waals surface area (Å²) in [7, 11) is 0. The van der Waals surface area contributed by atoms with Gasteiger partial charge in [-0.1, -0.05) is 24.3 Å². The van der Waals surface area contributed by atoms with E-state index in [1.54, 1.807) is 0 Å². The van der Waals surface area contributed by atoms with E-state index in [0.717, 1.165) is 11.1 Å². The van der Waals surface area contributed by atoms with E-state index in [1.165, 1.54) is 6.20 Å². The summed E-state index contributed by atoms with van der Waals surface area (Å²) in [4.78, 5) is 11.8. The normalized spacial score (nSPS) is 10.2. The largest absolute Gasteiger partial charge is 0.394 e. The third kappa shape index (κ3) is 2.63. The molecule has 0 fully saturated rings. The molecule has 0 aliphatic carbocycles. The Hall–Kier alpha value is -2.30. The molecule has 0 radical (unpaired) electrons. The molecule has 1 amide bonds. The minimum atomic E-state index is -0.116. The van der Waals surface area contributed by atoms with Gasteiger partial charge in [0.2, 0.25) is 5.91 Å². The molecule has 1 aromatic heterocycles. The van der Waals surface area contributed by atoms with E-state index in [4.69, 9.17) is 5.73 Å². The smallest absolute Gasteiger partial charge is 0.230 e. The molecule has 88 valence electrons. The van der Waals surface area contributed by atoms with Crippen LogP contribution in [0.15, 0.2) is 30.5 Å². The number of hydrogen-bond donors (Lipinski definition) is 3. The molecule has 2 aromatic rings. The lowest BCUT2D eigenvalue weighted by Gasteiger charge is -2.06. The first-order chi connectivity index (χ1) is 8.16. The van der Waals surface area contributed by atoms with Gasteiger partial charge in [-0.15, -0.1) is 0 Å². The van der Waals surface area contributed by atoms with E-state index in [0.29, 0.717) is 17.9 Å². The van der Waals surface area contributed by atoms with E-state index < -0.39 is 0 Å². The molecule has 17 heavy (non-hydrogen) atoms. The maximum absolute atomic E-state index is 11.8. The Labute approximate surface area is 99.0 Å². The van der Waals surface area contributed by atoms with Crippen molar-refractivity contribution in [3.63, 3.8) is 0 Å². The Morgan fingerprint density at radius 3 is 2.88 bits per heavy atom. The van der Waals surface area contributed by atoms with Crippen LogP contribution in [0.5, 0.6) is 0 Å². The van der Waals surface area contributed by atoms with Gasteiger partial charge in [0, 0.05) is 0 Å². The molecule has 5 heteroatoms. The van der Waals surface area contributed by atoms with Crippen LogP contribution in [0.25, 0.3) is 0 Å². The Balaban J connectivity index is 2.03. The fourth-order valence-electron chi connectivity index (χ4n) is 1.56. The highest BCUT2D eigenvalue weighted by molar-refractivity contribution is 5.93. The Morgan fingerprint density at radius 1 is 1.47 bits per heavy atom. The summed E-state index contributed by atoms with van der Waals surface area (Å²) in [6.45, 7) is 1.98. The number of nitrogens with two attached hydrogens (primary N) is 1. The van der Waals surface area contributed by atoms with Crippen molar-refractivity contribution in [2.75, 3.05) is 11.1 Å². The van der Waals surface area contributed by atoms with Crippen LogP contribution in [0, 0.1) is 6.92 Å². The van der Waals surface area contributed by atoms with E-state index >= 15 is 0 Å². The number of rotatable bonds is 3. The van der Waals surface area contributed by atoms with E-state index in [2.05, 4.69) is 15.5 Å². The Bertz CT molecular complexity index is 533. The molecule has 0 unspecified atom stereocenters. The van der Waals surface area contributed by atoms with Crippen molar-refractivity contribution >= 4 is 17.4 Å². The lowest BCUT2D eigenvalue weighted by Crippen LogP contribution is -2.16. The van der Waals surface area contributed by atoms with E-state index in [1.807, 2.05) is 31.2 Å². The number of aromatic amines is 1. The second kappa shape index (κ2) is 4.69. The van der Waals surface area contributed by atoms with Gasteiger partial charge in [-0.05, 0) is 18.1 Å². The quantitative estimate of drug-likeness (QED) is 0.746. The molecule has 0 aliphatic heterocycles. The standard InChI is InChI=1S/C12H14N4O/c1-8-4-2-3-5-9(8)6-11(17)15-12-10(13)7-14-16-12/h2-5,7H,6,13H2,1H3,(H2,14,15,16,17). The van der Waals surface area contributed by atoms with Crippen LogP contribution in [0.3, 0.4) is 0 Å². The zero-order valence-corrected chi connectivity index (χ0v) is 9.53. The topological polar surface area (TPSA) is 83.8 Å². The molecule has 5 nitrogen and oxygen atoms in total. The molecule has 0 atom stereocenters. The molecule has 0 bridgehead atoms. The monoisotopic (exact) mass is 230 g/mol. The third-order valence-electron chi connectivity index (χ3n) is 2.55. The molecule has 0 saturated heterocycles. The number of benzene rings is 1. The lowest BCUT2D eigenvalue weighted by molar-refractivity contribution is -0.115. The molecule has 0 spiro atoms. The van der Waals surface area contributed by atoms with Crippen LogP contribution >= 0.6 is 0 Å². The highest BCUT2D eigenvalue weighted by Gasteiger charge is 2.08. The second-order valence-corrected chi connectivity index (χ2v) is 3.85. The molecule has 4 N–H and O–H groups in total. The number of amides is 1. The summed E-state index contributed by atoms with van der Waals surface area (Å²) < 4.78 is 0. The molecule has 1 aromatic carbocycles. The first-order valence-electron chi connectivity index (χ1n) is 5.30. The van der Waals surface area contributed by atoms with Crippen LogP contribution in [-0.2, 0) is 11.2 Å². The number of H-pyrrole nitrogens is 1. The minimum absolute atomic E-state index is 0.116. The number of carbonyl (C=O) groups excluding carboxylic acids is 1. The third-order valence-corrected chi connectivity index (χ3v) is 2.55. The number of nitrogens with one attached hydrogen (secondary N) is 2.